The van der Waals surface area contributed by atoms with Crippen molar-refractivity contribution >= 4 is 5.97 Å². The minimum Gasteiger partial charge on any atom is -0.503 e. The van der Waals surface area contributed by atoms with Crippen LogP contribution in [0.25, 0.3) is 0 Å². The van der Waals surface area contributed by atoms with Crippen molar-refractivity contribution in [2.24, 2.45) is 0 Å². The van der Waals surface area contributed by atoms with Crippen molar-refractivity contribution in [2.45, 2.75) is 51.9 Å². The fourth-order valence-electron chi connectivity index (χ4n) is 2.78. The van der Waals surface area contributed by atoms with Gasteiger partial charge < -0.3 is 29.2 Å². The lowest BCUT2D eigenvalue weighted by molar-refractivity contribution is 0.0687. The standard InChI is InChI=1S/C19H30O7/c1-5-6-7-8-9-10-11-12-26-16-14(20)13(19(21)22)15(23-2)17(24-3)18(16)25-4/h20H,5-12H2,1-4H3,(H,21,22). The van der Waals surface area contributed by atoms with Crippen LogP contribution in [0.4, 0.5) is 0 Å². The minimum absolute atomic E-state index is 0.0477. The van der Waals surface area contributed by atoms with E-state index in [1.807, 2.05) is 0 Å². The molecule has 0 heterocycles. The number of hydrogen-bond donors (Lipinski definition) is 2. The van der Waals surface area contributed by atoms with E-state index in [9.17, 15) is 15.0 Å². The maximum absolute atomic E-state index is 11.5. The van der Waals surface area contributed by atoms with E-state index in [1.165, 1.54) is 47.0 Å². The van der Waals surface area contributed by atoms with E-state index in [1.54, 1.807) is 0 Å². The molecule has 7 nitrogen and oxygen atoms in total. The molecule has 0 unspecified atom stereocenters. The smallest absolute Gasteiger partial charge is 0.343 e. The van der Waals surface area contributed by atoms with E-state index in [4.69, 9.17) is 18.9 Å². The Morgan fingerprint density at radius 2 is 1.31 bits per heavy atom. The van der Waals surface area contributed by atoms with Crippen LogP contribution in [0.1, 0.15) is 62.2 Å². The Morgan fingerprint density at radius 1 is 0.808 bits per heavy atom. The largest absolute Gasteiger partial charge is 0.503 e. The molecule has 0 spiro atoms. The molecule has 7 heteroatoms. The molecule has 0 aliphatic carbocycles. The van der Waals surface area contributed by atoms with Crippen molar-refractivity contribution in [2.75, 3.05) is 27.9 Å². The zero-order valence-electron chi connectivity index (χ0n) is 16.1. The molecule has 0 atom stereocenters. The van der Waals surface area contributed by atoms with Crippen LogP contribution in [0.5, 0.6) is 28.7 Å². The molecule has 0 bridgehead atoms. The zero-order valence-corrected chi connectivity index (χ0v) is 16.1. The second-order valence-corrected chi connectivity index (χ2v) is 5.93. The molecular formula is C19H30O7. The maximum Gasteiger partial charge on any atom is 0.343 e. The number of aromatic carboxylic acids is 1. The first-order chi connectivity index (χ1) is 12.5. The Balaban J connectivity index is 2.90. The van der Waals surface area contributed by atoms with E-state index in [0.29, 0.717) is 6.61 Å². The molecular weight excluding hydrogens is 340 g/mol. The van der Waals surface area contributed by atoms with Crippen LogP contribution < -0.4 is 18.9 Å². The van der Waals surface area contributed by atoms with E-state index < -0.39 is 17.3 Å². The van der Waals surface area contributed by atoms with Crippen molar-refractivity contribution in [1.29, 1.82) is 0 Å². The van der Waals surface area contributed by atoms with Gasteiger partial charge >= 0.3 is 5.97 Å². The van der Waals surface area contributed by atoms with Gasteiger partial charge in [-0.25, -0.2) is 4.79 Å². The summed E-state index contributed by atoms with van der Waals surface area (Å²) in [6.45, 7) is 2.52. The predicted molar refractivity (Wildman–Crippen MR) is 98.2 cm³/mol. The Morgan fingerprint density at radius 3 is 1.81 bits per heavy atom. The number of carbonyl (C=O) groups is 1. The molecule has 1 rings (SSSR count). The predicted octanol–water partition coefficient (Wildman–Crippen LogP) is 4.25. The van der Waals surface area contributed by atoms with Crippen LogP contribution >= 0.6 is 0 Å². The number of ether oxygens (including phenoxy) is 4. The molecule has 2 N–H and O–H groups in total. The van der Waals surface area contributed by atoms with Crippen molar-refractivity contribution in [3.8, 4) is 28.7 Å². The molecule has 1 aromatic carbocycles. The number of rotatable bonds is 13. The summed E-state index contributed by atoms with van der Waals surface area (Å²) in [6, 6.07) is 0. The number of carboxylic acid groups (broad SMARTS) is 1. The third kappa shape index (κ3) is 5.34. The van der Waals surface area contributed by atoms with Crippen LogP contribution in [0.3, 0.4) is 0 Å². The van der Waals surface area contributed by atoms with Crippen LogP contribution in [0.2, 0.25) is 0 Å². The second kappa shape index (κ2) is 11.3. The lowest BCUT2D eigenvalue weighted by atomic mass is 10.1. The summed E-state index contributed by atoms with van der Waals surface area (Å²) >= 11 is 0. The average molecular weight is 370 g/mol. The van der Waals surface area contributed by atoms with Crippen LogP contribution in [-0.4, -0.2) is 44.1 Å². The summed E-state index contributed by atoms with van der Waals surface area (Å²) in [4.78, 5) is 11.5. The first kappa shape index (κ1) is 21.7. The monoisotopic (exact) mass is 370 g/mol. The number of benzene rings is 1. The van der Waals surface area contributed by atoms with E-state index in [2.05, 4.69) is 6.92 Å². The van der Waals surface area contributed by atoms with Crippen molar-refractivity contribution in [3.63, 3.8) is 0 Å². The fourth-order valence-corrected chi connectivity index (χ4v) is 2.78. The molecule has 0 aromatic heterocycles. The highest BCUT2D eigenvalue weighted by Gasteiger charge is 2.31. The lowest BCUT2D eigenvalue weighted by Crippen LogP contribution is -2.08. The van der Waals surface area contributed by atoms with Gasteiger partial charge in [0.1, 0.15) is 0 Å². The number of methoxy groups -OCH3 is 3. The van der Waals surface area contributed by atoms with Gasteiger partial charge in [-0.2, -0.15) is 0 Å². The molecule has 0 amide bonds. The summed E-state index contributed by atoms with van der Waals surface area (Å²) in [7, 11) is 4.04. The highest BCUT2D eigenvalue weighted by Crippen LogP contribution is 2.53. The van der Waals surface area contributed by atoms with Gasteiger partial charge in [0.15, 0.2) is 17.1 Å². The molecule has 0 fully saturated rings. The molecule has 148 valence electrons. The van der Waals surface area contributed by atoms with Crippen LogP contribution in [0, 0.1) is 0 Å². The molecule has 0 aliphatic rings. The van der Waals surface area contributed by atoms with Gasteiger partial charge in [0, 0.05) is 0 Å². The molecule has 0 aliphatic heterocycles. The summed E-state index contributed by atoms with van der Waals surface area (Å²) in [5, 5.41) is 19.8. The van der Waals surface area contributed by atoms with Crippen molar-refractivity contribution < 1.29 is 34.0 Å². The Bertz CT molecular complexity index is 584. The van der Waals surface area contributed by atoms with Crippen molar-refractivity contribution in [1.82, 2.24) is 0 Å². The van der Waals surface area contributed by atoms with Gasteiger partial charge in [0.2, 0.25) is 17.2 Å². The van der Waals surface area contributed by atoms with Gasteiger partial charge in [0.05, 0.1) is 27.9 Å². The Hall–Kier alpha value is -2.31. The summed E-state index contributed by atoms with van der Waals surface area (Å²) in [6.07, 6.45) is 7.83. The first-order valence-electron chi connectivity index (χ1n) is 8.94. The fraction of sp³-hybridized carbons (Fsp3) is 0.632. The van der Waals surface area contributed by atoms with Gasteiger partial charge in [-0.05, 0) is 6.42 Å². The molecule has 0 saturated heterocycles. The van der Waals surface area contributed by atoms with E-state index >= 15 is 0 Å². The number of aromatic hydroxyl groups is 1. The van der Waals surface area contributed by atoms with Gasteiger partial charge in [-0.1, -0.05) is 45.4 Å². The summed E-state index contributed by atoms with van der Waals surface area (Å²) < 4.78 is 21.2. The van der Waals surface area contributed by atoms with Gasteiger partial charge in [-0.15, -0.1) is 0 Å². The lowest BCUT2D eigenvalue weighted by Gasteiger charge is -2.19. The number of unbranched alkanes of at least 4 members (excludes halogenated alkanes) is 6. The first-order valence-corrected chi connectivity index (χ1v) is 8.94. The Labute approximate surface area is 154 Å². The average Bonchev–Trinajstić information content (AvgIpc) is 2.63. The highest BCUT2D eigenvalue weighted by molar-refractivity contribution is 5.97. The maximum atomic E-state index is 11.5. The molecule has 0 radical (unpaired) electrons. The number of hydrogen-bond acceptors (Lipinski definition) is 6. The van der Waals surface area contributed by atoms with Crippen LogP contribution in [-0.2, 0) is 0 Å². The minimum atomic E-state index is -1.35. The summed E-state index contributed by atoms with van der Waals surface area (Å²) in [5.41, 5.74) is -0.417. The third-order valence-corrected chi connectivity index (χ3v) is 4.12. The quantitative estimate of drug-likeness (QED) is 0.501. The normalized spacial score (nSPS) is 10.5. The van der Waals surface area contributed by atoms with Gasteiger partial charge in [0.25, 0.3) is 0 Å². The zero-order chi connectivity index (χ0) is 19.5. The third-order valence-electron chi connectivity index (χ3n) is 4.12. The van der Waals surface area contributed by atoms with Crippen LogP contribution in [0.15, 0.2) is 0 Å². The van der Waals surface area contributed by atoms with E-state index in [-0.39, 0.29) is 23.0 Å². The topological polar surface area (TPSA) is 94.5 Å². The van der Waals surface area contributed by atoms with Crippen molar-refractivity contribution in [3.05, 3.63) is 5.56 Å². The summed E-state index contributed by atoms with van der Waals surface area (Å²) in [5.74, 6) is -1.86. The van der Waals surface area contributed by atoms with E-state index in [0.717, 1.165) is 19.3 Å². The molecule has 26 heavy (non-hydrogen) atoms. The second-order valence-electron chi connectivity index (χ2n) is 5.93. The van der Waals surface area contributed by atoms with Gasteiger partial charge in [-0.3, -0.25) is 0 Å². The number of carboxylic acids is 1. The molecule has 1 aromatic rings. The Kier molecular flexibility index (Phi) is 9.47. The number of phenols is 1. The SMILES string of the molecule is CCCCCCCCCOc1c(O)c(C(=O)O)c(OC)c(OC)c1OC. The highest BCUT2D eigenvalue weighted by atomic mass is 16.6. The molecule has 0 saturated carbocycles.